The van der Waals surface area contributed by atoms with Crippen molar-refractivity contribution in [1.29, 1.82) is 0 Å². The number of likely N-dealkylation sites (N-methyl/N-ethyl adjacent to an activating group) is 1. The SMILES string of the molecule is CN(C(=O)OC(C)(C)C)C(CC(C)(C)O)C(=O)N1CCNC(=O)C1. The molecule has 1 fully saturated rings. The molecule has 0 bridgehead atoms. The van der Waals surface area contributed by atoms with Crippen molar-refractivity contribution in [3.05, 3.63) is 0 Å². The lowest BCUT2D eigenvalue weighted by molar-refractivity contribution is -0.143. The third kappa shape index (κ3) is 6.35. The van der Waals surface area contributed by atoms with E-state index in [0.29, 0.717) is 13.1 Å². The van der Waals surface area contributed by atoms with E-state index in [1.165, 1.54) is 16.8 Å². The Morgan fingerprint density at radius 1 is 1.33 bits per heavy atom. The summed E-state index contributed by atoms with van der Waals surface area (Å²) in [6.45, 7) is 9.04. The molecule has 0 aromatic rings. The Balaban J connectivity index is 2.96. The summed E-state index contributed by atoms with van der Waals surface area (Å²) in [4.78, 5) is 39.2. The van der Waals surface area contributed by atoms with Crippen molar-refractivity contribution in [2.75, 3.05) is 26.7 Å². The van der Waals surface area contributed by atoms with Gasteiger partial charge >= 0.3 is 6.09 Å². The Morgan fingerprint density at radius 3 is 2.38 bits per heavy atom. The monoisotopic (exact) mass is 343 g/mol. The molecule has 8 heteroatoms. The molecule has 8 nitrogen and oxygen atoms in total. The Morgan fingerprint density at radius 2 is 1.92 bits per heavy atom. The maximum Gasteiger partial charge on any atom is 0.410 e. The first kappa shape index (κ1) is 20.2. The maximum atomic E-state index is 12.8. The molecule has 0 radical (unpaired) electrons. The number of hydrogen-bond acceptors (Lipinski definition) is 5. The molecule has 0 aliphatic carbocycles. The van der Waals surface area contributed by atoms with Crippen LogP contribution in [0.3, 0.4) is 0 Å². The largest absolute Gasteiger partial charge is 0.444 e. The van der Waals surface area contributed by atoms with Gasteiger partial charge < -0.3 is 20.1 Å². The van der Waals surface area contributed by atoms with E-state index in [9.17, 15) is 19.5 Å². The normalized spacial score (nSPS) is 17.1. The van der Waals surface area contributed by atoms with Gasteiger partial charge in [-0.3, -0.25) is 14.5 Å². The molecule has 1 rings (SSSR count). The van der Waals surface area contributed by atoms with Crippen molar-refractivity contribution in [1.82, 2.24) is 15.1 Å². The molecule has 2 N–H and O–H groups in total. The molecule has 0 spiro atoms. The van der Waals surface area contributed by atoms with Crippen molar-refractivity contribution in [3.8, 4) is 0 Å². The summed E-state index contributed by atoms with van der Waals surface area (Å²) >= 11 is 0. The Kier molecular flexibility index (Phi) is 6.21. The Hall–Kier alpha value is -1.83. The van der Waals surface area contributed by atoms with Crippen LogP contribution in [0, 0.1) is 0 Å². The smallest absolute Gasteiger partial charge is 0.410 e. The molecule has 0 aromatic heterocycles. The summed E-state index contributed by atoms with van der Waals surface area (Å²) in [5.41, 5.74) is -1.85. The van der Waals surface area contributed by atoms with E-state index < -0.39 is 23.3 Å². The summed E-state index contributed by atoms with van der Waals surface area (Å²) in [5.74, 6) is -0.614. The molecule has 0 aromatic carbocycles. The van der Waals surface area contributed by atoms with Gasteiger partial charge in [0.2, 0.25) is 11.8 Å². The standard InChI is InChI=1S/C16H29N3O5/c1-15(2,3)24-14(22)18(6)11(9-16(4,5)23)13(21)19-8-7-17-12(20)10-19/h11,23H,7-10H2,1-6H3,(H,17,20). The predicted octanol–water partition coefficient (Wildman–Crippen LogP) is 0.341. The van der Waals surface area contributed by atoms with E-state index >= 15 is 0 Å². The van der Waals surface area contributed by atoms with Crippen LogP contribution in [0.5, 0.6) is 0 Å². The van der Waals surface area contributed by atoms with Gasteiger partial charge in [0.15, 0.2) is 0 Å². The molecule has 1 aliphatic rings. The second kappa shape index (κ2) is 7.38. The average Bonchev–Trinajstić information content (AvgIpc) is 2.40. The van der Waals surface area contributed by atoms with Crippen LogP contribution in [-0.4, -0.2) is 76.7 Å². The average molecular weight is 343 g/mol. The van der Waals surface area contributed by atoms with Gasteiger partial charge in [0.25, 0.3) is 0 Å². The predicted molar refractivity (Wildman–Crippen MR) is 88.3 cm³/mol. The second-order valence-electron chi connectivity index (χ2n) is 7.73. The molecule has 1 saturated heterocycles. The summed E-state index contributed by atoms with van der Waals surface area (Å²) in [6, 6.07) is -0.911. The van der Waals surface area contributed by atoms with Crippen LogP contribution in [0.15, 0.2) is 0 Å². The molecule has 0 saturated carbocycles. The molecular formula is C16H29N3O5. The molecule has 1 heterocycles. The number of aliphatic hydroxyl groups is 1. The highest BCUT2D eigenvalue weighted by Gasteiger charge is 2.37. The summed E-state index contributed by atoms with van der Waals surface area (Å²) in [7, 11) is 1.46. The fourth-order valence-electron chi connectivity index (χ4n) is 2.36. The first-order valence-corrected chi connectivity index (χ1v) is 8.04. The molecule has 1 atom stereocenters. The van der Waals surface area contributed by atoms with E-state index in [-0.39, 0.29) is 24.8 Å². The van der Waals surface area contributed by atoms with Crippen LogP contribution in [0.25, 0.3) is 0 Å². The van der Waals surface area contributed by atoms with E-state index in [1.54, 1.807) is 34.6 Å². The van der Waals surface area contributed by atoms with E-state index in [1.807, 2.05) is 0 Å². The minimum Gasteiger partial charge on any atom is -0.444 e. The fraction of sp³-hybridized carbons (Fsp3) is 0.812. The quantitative estimate of drug-likeness (QED) is 0.767. The lowest BCUT2D eigenvalue weighted by atomic mass is 9.97. The van der Waals surface area contributed by atoms with E-state index in [2.05, 4.69) is 5.32 Å². The van der Waals surface area contributed by atoms with Gasteiger partial charge in [-0.2, -0.15) is 0 Å². The van der Waals surface area contributed by atoms with Crippen LogP contribution in [-0.2, 0) is 14.3 Å². The highest BCUT2D eigenvalue weighted by molar-refractivity contribution is 5.90. The number of hydrogen-bond donors (Lipinski definition) is 2. The lowest BCUT2D eigenvalue weighted by Crippen LogP contribution is -2.57. The summed E-state index contributed by atoms with van der Waals surface area (Å²) < 4.78 is 5.31. The van der Waals surface area contributed by atoms with Crippen molar-refractivity contribution >= 4 is 17.9 Å². The van der Waals surface area contributed by atoms with E-state index in [0.717, 1.165) is 0 Å². The van der Waals surface area contributed by atoms with Gasteiger partial charge in [-0.1, -0.05) is 0 Å². The van der Waals surface area contributed by atoms with Gasteiger partial charge in [0, 0.05) is 26.6 Å². The molecule has 3 amide bonds. The third-order valence-corrected chi connectivity index (χ3v) is 3.48. The zero-order valence-electron chi connectivity index (χ0n) is 15.4. The number of nitrogens with one attached hydrogen (secondary N) is 1. The second-order valence-corrected chi connectivity index (χ2v) is 7.73. The topological polar surface area (TPSA) is 99.2 Å². The van der Waals surface area contributed by atoms with Crippen LogP contribution in [0.1, 0.15) is 41.0 Å². The van der Waals surface area contributed by atoms with Crippen molar-refractivity contribution in [2.24, 2.45) is 0 Å². The first-order chi connectivity index (χ1) is 10.8. The zero-order chi connectivity index (χ0) is 18.7. The Bertz CT molecular complexity index is 493. The van der Waals surface area contributed by atoms with Crippen molar-refractivity contribution in [2.45, 2.75) is 58.3 Å². The minimum absolute atomic E-state index is 0.0414. The first-order valence-electron chi connectivity index (χ1n) is 8.04. The van der Waals surface area contributed by atoms with Crippen LogP contribution < -0.4 is 5.32 Å². The number of carbonyl (C=O) groups is 3. The van der Waals surface area contributed by atoms with Crippen LogP contribution in [0.4, 0.5) is 4.79 Å². The molecule has 1 unspecified atom stereocenters. The highest BCUT2D eigenvalue weighted by Crippen LogP contribution is 2.20. The number of piperazine rings is 1. The van der Waals surface area contributed by atoms with Crippen molar-refractivity contribution in [3.63, 3.8) is 0 Å². The molecule has 138 valence electrons. The summed E-state index contributed by atoms with van der Waals surface area (Å²) in [6.07, 6.45) is -0.605. The Labute approximate surface area is 143 Å². The molecule has 1 aliphatic heterocycles. The number of carbonyl (C=O) groups excluding carboxylic acids is 3. The maximum absolute atomic E-state index is 12.8. The summed E-state index contributed by atoms with van der Waals surface area (Å²) in [5, 5.41) is 12.8. The van der Waals surface area contributed by atoms with Crippen molar-refractivity contribution < 1.29 is 24.2 Å². The van der Waals surface area contributed by atoms with Gasteiger partial charge in [-0.25, -0.2) is 4.79 Å². The van der Waals surface area contributed by atoms with Gasteiger partial charge in [0.05, 0.1) is 12.1 Å². The number of amides is 3. The van der Waals surface area contributed by atoms with Gasteiger partial charge in [-0.15, -0.1) is 0 Å². The third-order valence-electron chi connectivity index (χ3n) is 3.48. The van der Waals surface area contributed by atoms with Crippen LogP contribution in [0.2, 0.25) is 0 Å². The number of nitrogens with zero attached hydrogens (tertiary/aromatic N) is 2. The lowest BCUT2D eigenvalue weighted by Gasteiger charge is -2.37. The number of rotatable bonds is 4. The zero-order valence-corrected chi connectivity index (χ0v) is 15.4. The van der Waals surface area contributed by atoms with Gasteiger partial charge in [0.1, 0.15) is 11.6 Å². The van der Waals surface area contributed by atoms with E-state index in [4.69, 9.17) is 4.74 Å². The minimum atomic E-state index is -1.16. The molecular weight excluding hydrogens is 314 g/mol. The fourth-order valence-corrected chi connectivity index (χ4v) is 2.36. The highest BCUT2D eigenvalue weighted by atomic mass is 16.6. The van der Waals surface area contributed by atoms with Gasteiger partial charge in [-0.05, 0) is 34.6 Å². The molecule has 24 heavy (non-hydrogen) atoms. The number of ether oxygens (including phenoxy) is 1. The van der Waals surface area contributed by atoms with Crippen LogP contribution >= 0.6 is 0 Å².